The van der Waals surface area contributed by atoms with Crippen LogP contribution in [0.15, 0.2) is 54.6 Å². The number of hydrogen-bond acceptors (Lipinski definition) is 2. The fraction of sp³-hybridized carbons (Fsp3) is 0.300. The first-order valence-electron chi connectivity index (χ1n) is 8.16. The monoisotopic (exact) mass is 324 g/mol. The summed E-state index contributed by atoms with van der Waals surface area (Å²) in [6.45, 7) is 8.77. The van der Waals surface area contributed by atoms with Gasteiger partial charge in [0.05, 0.1) is 13.0 Å². The minimum atomic E-state index is -0.147. The molecular weight excluding hydrogens is 300 g/mol. The van der Waals surface area contributed by atoms with Gasteiger partial charge in [0.1, 0.15) is 0 Å². The summed E-state index contributed by atoms with van der Waals surface area (Å²) in [4.78, 5) is 26.0. The van der Waals surface area contributed by atoms with Crippen molar-refractivity contribution in [3.05, 3.63) is 60.2 Å². The van der Waals surface area contributed by atoms with E-state index in [0.717, 1.165) is 21.9 Å². The largest absolute Gasteiger partial charge is 0.347 e. The number of rotatable bonds is 7. The predicted octanol–water partition coefficient (Wildman–Crippen LogP) is 2.92. The Morgan fingerprint density at radius 3 is 2.54 bits per heavy atom. The summed E-state index contributed by atoms with van der Waals surface area (Å²) in [5.41, 5.74) is 1.89. The molecule has 1 N–H and O–H groups in total. The highest BCUT2D eigenvalue weighted by molar-refractivity contribution is 5.91. The second kappa shape index (κ2) is 8.29. The molecule has 2 aromatic carbocycles. The van der Waals surface area contributed by atoms with Crippen LogP contribution in [-0.4, -0.2) is 36.3 Å². The number of amides is 2. The van der Waals surface area contributed by atoms with Crippen LogP contribution >= 0.6 is 0 Å². The highest BCUT2D eigenvalue weighted by atomic mass is 16.2. The van der Waals surface area contributed by atoms with E-state index in [9.17, 15) is 9.59 Å². The molecule has 0 spiro atoms. The van der Waals surface area contributed by atoms with E-state index in [4.69, 9.17) is 0 Å². The van der Waals surface area contributed by atoms with Crippen molar-refractivity contribution in [2.45, 2.75) is 20.3 Å². The van der Waals surface area contributed by atoms with Gasteiger partial charge in [-0.25, -0.2) is 0 Å². The van der Waals surface area contributed by atoms with E-state index in [0.29, 0.717) is 13.1 Å². The minimum Gasteiger partial charge on any atom is -0.347 e. The lowest BCUT2D eigenvalue weighted by Crippen LogP contribution is -2.41. The number of nitrogens with zero attached hydrogens (tertiary/aromatic N) is 1. The maximum Gasteiger partial charge on any atom is 0.242 e. The third-order valence-electron chi connectivity index (χ3n) is 3.86. The topological polar surface area (TPSA) is 49.4 Å². The summed E-state index contributed by atoms with van der Waals surface area (Å²) in [6.07, 6.45) is 0.265. The highest BCUT2D eigenvalue weighted by Gasteiger charge is 2.13. The van der Waals surface area contributed by atoms with Gasteiger partial charge in [-0.3, -0.25) is 9.59 Å². The maximum absolute atomic E-state index is 12.2. The first kappa shape index (κ1) is 17.7. The van der Waals surface area contributed by atoms with Gasteiger partial charge in [0.2, 0.25) is 11.8 Å². The summed E-state index contributed by atoms with van der Waals surface area (Å²) in [6, 6.07) is 13.9. The van der Waals surface area contributed by atoms with Crippen LogP contribution < -0.4 is 5.32 Å². The number of hydrogen-bond donors (Lipinski definition) is 1. The predicted molar refractivity (Wildman–Crippen MR) is 97.7 cm³/mol. The van der Waals surface area contributed by atoms with Gasteiger partial charge in [-0.05, 0) is 30.2 Å². The van der Waals surface area contributed by atoms with Crippen LogP contribution in [0.3, 0.4) is 0 Å². The lowest BCUT2D eigenvalue weighted by Gasteiger charge is -2.21. The molecule has 0 bridgehead atoms. The van der Waals surface area contributed by atoms with Gasteiger partial charge in [0.25, 0.3) is 0 Å². The minimum absolute atomic E-state index is 0.0186. The third-order valence-corrected chi connectivity index (χ3v) is 3.86. The van der Waals surface area contributed by atoms with Gasteiger partial charge in [-0.1, -0.05) is 54.6 Å². The standard InChI is InChI=1S/C20H24N2O2/c1-4-22(14-15(2)3)20(24)13-21-19(23)12-17-10-7-9-16-8-5-6-11-18(16)17/h5-11H,2,4,12-14H2,1,3H3,(H,21,23). The lowest BCUT2D eigenvalue weighted by molar-refractivity contribution is -0.132. The van der Waals surface area contributed by atoms with Crippen molar-refractivity contribution in [3.8, 4) is 0 Å². The summed E-state index contributed by atoms with van der Waals surface area (Å²) < 4.78 is 0. The Bertz CT molecular complexity index is 747. The van der Waals surface area contributed by atoms with Crippen LogP contribution in [0.4, 0.5) is 0 Å². The van der Waals surface area contributed by atoms with Crippen LogP contribution in [0.25, 0.3) is 10.8 Å². The molecule has 0 atom stereocenters. The Morgan fingerprint density at radius 2 is 1.83 bits per heavy atom. The second-order valence-corrected chi connectivity index (χ2v) is 5.96. The van der Waals surface area contributed by atoms with Gasteiger partial charge in [0.15, 0.2) is 0 Å². The van der Waals surface area contributed by atoms with E-state index in [1.165, 1.54) is 0 Å². The molecule has 0 radical (unpaired) electrons. The van der Waals surface area contributed by atoms with Crippen molar-refractivity contribution < 1.29 is 9.59 Å². The zero-order valence-corrected chi connectivity index (χ0v) is 14.3. The van der Waals surface area contributed by atoms with Gasteiger partial charge in [-0.2, -0.15) is 0 Å². The molecule has 0 saturated carbocycles. The molecule has 0 aliphatic heterocycles. The molecule has 2 aromatic rings. The Balaban J connectivity index is 1.95. The molecule has 4 nitrogen and oxygen atoms in total. The SMILES string of the molecule is C=C(C)CN(CC)C(=O)CNC(=O)Cc1cccc2ccccc12. The molecule has 0 aromatic heterocycles. The number of nitrogens with one attached hydrogen (secondary N) is 1. The van der Waals surface area contributed by atoms with Crippen molar-refractivity contribution >= 4 is 22.6 Å². The fourth-order valence-corrected chi connectivity index (χ4v) is 2.67. The zero-order chi connectivity index (χ0) is 17.5. The summed E-state index contributed by atoms with van der Waals surface area (Å²) >= 11 is 0. The summed E-state index contributed by atoms with van der Waals surface area (Å²) in [5, 5.41) is 4.90. The van der Waals surface area contributed by atoms with Crippen molar-refractivity contribution in [2.75, 3.05) is 19.6 Å². The fourth-order valence-electron chi connectivity index (χ4n) is 2.67. The number of carbonyl (C=O) groups excluding carboxylic acids is 2. The number of benzene rings is 2. The molecule has 0 aliphatic rings. The molecule has 4 heteroatoms. The highest BCUT2D eigenvalue weighted by Crippen LogP contribution is 2.18. The first-order chi connectivity index (χ1) is 11.5. The van der Waals surface area contributed by atoms with E-state index in [1.807, 2.05) is 56.3 Å². The Kier molecular flexibility index (Phi) is 6.13. The number of fused-ring (bicyclic) bond motifs is 1. The average Bonchev–Trinajstić information content (AvgIpc) is 2.57. The molecule has 126 valence electrons. The van der Waals surface area contributed by atoms with Crippen LogP contribution in [-0.2, 0) is 16.0 Å². The third kappa shape index (κ3) is 4.69. The van der Waals surface area contributed by atoms with Crippen LogP contribution in [0.2, 0.25) is 0 Å². The quantitative estimate of drug-likeness (QED) is 0.796. The molecule has 0 unspecified atom stereocenters. The first-order valence-corrected chi connectivity index (χ1v) is 8.16. The zero-order valence-electron chi connectivity index (χ0n) is 14.3. The molecular formula is C20H24N2O2. The van der Waals surface area contributed by atoms with Crippen molar-refractivity contribution in [2.24, 2.45) is 0 Å². The molecule has 0 saturated heterocycles. The molecule has 2 amide bonds. The lowest BCUT2D eigenvalue weighted by atomic mass is 10.0. The second-order valence-electron chi connectivity index (χ2n) is 5.96. The average molecular weight is 324 g/mol. The Labute approximate surface area is 143 Å². The van der Waals surface area contributed by atoms with Crippen molar-refractivity contribution in [1.82, 2.24) is 10.2 Å². The van der Waals surface area contributed by atoms with E-state index < -0.39 is 0 Å². The van der Waals surface area contributed by atoms with Crippen LogP contribution in [0.5, 0.6) is 0 Å². The molecule has 2 rings (SSSR count). The van der Waals surface area contributed by atoms with Crippen molar-refractivity contribution in [3.63, 3.8) is 0 Å². The Hall–Kier alpha value is -2.62. The molecule has 0 heterocycles. The summed E-state index contributed by atoms with van der Waals surface area (Å²) in [5.74, 6) is -0.238. The Morgan fingerprint density at radius 1 is 1.12 bits per heavy atom. The van der Waals surface area contributed by atoms with Gasteiger partial charge >= 0.3 is 0 Å². The van der Waals surface area contributed by atoms with Gasteiger partial charge in [0, 0.05) is 13.1 Å². The van der Waals surface area contributed by atoms with Gasteiger partial charge < -0.3 is 10.2 Å². The smallest absolute Gasteiger partial charge is 0.242 e. The van der Waals surface area contributed by atoms with E-state index in [2.05, 4.69) is 11.9 Å². The number of likely N-dealkylation sites (N-methyl/N-ethyl adjacent to an activating group) is 1. The molecule has 24 heavy (non-hydrogen) atoms. The van der Waals surface area contributed by atoms with Crippen LogP contribution in [0, 0.1) is 0 Å². The number of carbonyl (C=O) groups is 2. The van der Waals surface area contributed by atoms with E-state index in [-0.39, 0.29) is 24.8 Å². The maximum atomic E-state index is 12.2. The molecule has 0 aliphatic carbocycles. The van der Waals surface area contributed by atoms with Gasteiger partial charge in [-0.15, -0.1) is 0 Å². The van der Waals surface area contributed by atoms with Crippen LogP contribution in [0.1, 0.15) is 19.4 Å². The van der Waals surface area contributed by atoms with Crippen molar-refractivity contribution in [1.29, 1.82) is 0 Å². The van der Waals surface area contributed by atoms with E-state index >= 15 is 0 Å². The normalized spacial score (nSPS) is 10.4. The van der Waals surface area contributed by atoms with E-state index in [1.54, 1.807) is 4.90 Å². The summed E-state index contributed by atoms with van der Waals surface area (Å²) in [7, 11) is 0. The molecule has 0 fully saturated rings.